The minimum Gasteiger partial charge on any atom is -0.478 e. The minimum absolute atomic E-state index is 0.0968. The lowest BCUT2D eigenvalue weighted by Crippen LogP contribution is -2.11. The summed E-state index contributed by atoms with van der Waals surface area (Å²) in [6.07, 6.45) is 1.48. The van der Waals surface area contributed by atoms with E-state index < -0.39 is 10.9 Å². The fraction of sp³-hybridized carbons (Fsp3) is 0.100. The summed E-state index contributed by atoms with van der Waals surface area (Å²) in [5.41, 5.74) is 2.42. The Labute approximate surface area is 155 Å². The maximum Gasteiger partial charge on any atom is 0.336 e. The van der Waals surface area contributed by atoms with E-state index in [1.165, 1.54) is 6.20 Å². The Bertz CT molecular complexity index is 1000. The van der Waals surface area contributed by atoms with Crippen molar-refractivity contribution in [1.82, 2.24) is 4.98 Å². The summed E-state index contributed by atoms with van der Waals surface area (Å²) in [5.74, 6) is -0.945. The number of nitrogens with zero attached hydrogens (tertiary/aromatic N) is 2. The van der Waals surface area contributed by atoms with Gasteiger partial charge in [-0.15, -0.1) is 0 Å². The highest BCUT2D eigenvalue weighted by Crippen LogP contribution is 2.29. The fourth-order valence-electron chi connectivity index (χ4n) is 2.95. The number of aromatic carboxylic acids is 1. The molecule has 3 aromatic rings. The molecule has 0 saturated heterocycles. The second-order valence-corrected chi connectivity index (χ2v) is 5.95. The molecule has 27 heavy (non-hydrogen) atoms. The lowest BCUT2D eigenvalue weighted by Gasteiger charge is -2.13. The molecule has 0 spiro atoms. The zero-order chi connectivity index (χ0) is 19.4. The molecule has 0 unspecified atom stereocenters. The number of carboxylic acids is 1. The lowest BCUT2D eigenvalue weighted by molar-refractivity contribution is -0.384. The van der Waals surface area contributed by atoms with Gasteiger partial charge in [-0.2, -0.15) is 0 Å². The Morgan fingerprint density at radius 3 is 2.56 bits per heavy atom. The van der Waals surface area contributed by atoms with Gasteiger partial charge in [-0.1, -0.05) is 48.5 Å². The predicted molar refractivity (Wildman–Crippen MR) is 102 cm³/mol. The molecule has 0 bridgehead atoms. The number of rotatable bonds is 6. The molecule has 0 fully saturated rings. The number of carbonyl (C=O) groups is 1. The van der Waals surface area contributed by atoms with Crippen LogP contribution in [-0.4, -0.2) is 21.0 Å². The van der Waals surface area contributed by atoms with Gasteiger partial charge in [0.15, 0.2) is 0 Å². The third-order valence-electron chi connectivity index (χ3n) is 4.20. The zero-order valence-corrected chi connectivity index (χ0v) is 14.5. The SMILES string of the molecule is Cc1ccnc(NCc2cccc(-c3ccccc3)c2C(=O)O)c1[N+](=O)[O-]. The number of benzene rings is 2. The monoisotopic (exact) mass is 363 g/mol. The van der Waals surface area contributed by atoms with Crippen molar-refractivity contribution in [3.05, 3.63) is 87.6 Å². The van der Waals surface area contributed by atoms with Crippen molar-refractivity contribution in [1.29, 1.82) is 0 Å². The van der Waals surface area contributed by atoms with Gasteiger partial charge in [0, 0.05) is 18.3 Å². The van der Waals surface area contributed by atoms with Crippen LogP contribution in [0.3, 0.4) is 0 Å². The summed E-state index contributed by atoms with van der Waals surface area (Å²) in [6.45, 7) is 1.73. The molecule has 1 aromatic heterocycles. The highest BCUT2D eigenvalue weighted by atomic mass is 16.6. The van der Waals surface area contributed by atoms with E-state index in [1.807, 2.05) is 30.3 Å². The highest BCUT2D eigenvalue weighted by Gasteiger charge is 2.20. The van der Waals surface area contributed by atoms with E-state index >= 15 is 0 Å². The first-order chi connectivity index (χ1) is 13.0. The molecule has 0 atom stereocenters. The summed E-state index contributed by atoms with van der Waals surface area (Å²) in [5, 5.41) is 23.9. The first kappa shape index (κ1) is 18.1. The molecule has 0 amide bonds. The van der Waals surface area contributed by atoms with Crippen molar-refractivity contribution >= 4 is 17.5 Å². The number of nitrogens with one attached hydrogen (secondary N) is 1. The van der Waals surface area contributed by atoms with E-state index in [4.69, 9.17) is 0 Å². The molecule has 0 aliphatic heterocycles. The Morgan fingerprint density at radius 2 is 1.89 bits per heavy atom. The van der Waals surface area contributed by atoms with Crippen molar-refractivity contribution in [2.75, 3.05) is 5.32 Å². The van der Waals surface area contributed by atoms with Gasteiger partial charge in [0.25, 0.3) is 0 Å². The summed E-state index contributed by atoms with van der Waals surface area (Å²) < 4.78 is 0. The van der Waals surface area contributed by atoms with E-state index in [0.29, 0.717) is 16.7 Å². The number of anilines is 1. The quantitative estimate of drug-likeness (QED) is 0.500. The summed E-state index contributed by atoms with van der Waals surface area (Å²) >= 11 is 0. The maximum absolute atomic E-state index is 11.9. The van der Waals surface area contributed by atoms with Crippen LogP contribution in [0.25, 0.3) is 11.1 Å². The predicted octanol–water partition coefficient (Wildman–Crippen LogP) is 4.28. The van der Waals surface area contributed by atoms with Crippen molar-refractivity contribution in [2.24, 2.45) is 0 Å². The van der Waals surface area contributed by atoms with E-state index in [-0.39, 0.29) is 23.6 Å². The molecular formula is C20H17N3O4. The average molecular weight is 363 g/mol. The van der Waals surface area contributed by atoms with Crippen molar-refractivity contribution in [3.63, 3.8) is 0 Å². The van der Waals surface area contributed by atoms with Crippen LogP contribution in [0.15, 0.2) is 60.8 Å². The van der Waals surface area contributed by atoms with Gasteiger partial charge in [0.2, 0.25) is 5.82 Å². The second-order valence-electron chi connectivity index (χ2n) is 5.95. The Balaban J connectivity index is 1.99. The van der Waals surface area contributed by atoms with E-state index in [2.05, 4.69) is 10.3 Å². The van der Waals surface area contributed by atoms with E-state index in [0.717, 1.165) is 5.56 Å². The molecule has 2 aromatic carbocycles. The molecular weight excluding hydrogens is 346 g/mol. The Hall–Kier alpha value is -3.74. The first-order valence-corrected chi connectivity index (χ1v) is 8.23. The van der Waals surface area contributed by atoms with Crippen LogP contribution in [0, 0.1) is 17.0 Å². The van der Waals surface area contributed by atoms with Gasteiger partial charge in [-0.3, -0.25) is 10.1 Å². The number of hydrogen-bond donors (Lipinski definition) is 2. The van der Waals surface area contributed by atoms with Crippen LogP contribution in [0.1, 0.15) is 21.5 Å². The van der Waals surface area contributed by atoms with Gasteiger partial charge >= 0.3 is 11.7 Å². The first-order valence-electron chi connectivity index (χ1n) is 8.23. The molecule has 0 saturated carbocycles. The lowest BCUT2D eigenvalue weighted by atomic mass is 9.95. The molecule has 7 heteroatoms. The van der Waals surface area contributed by atoms with Crippen LogP contribution in [-0.2, 0) is 6.54 Å². The second kappa shape index (κ2) is 7.65. The molecule has 136 valence electrons. The van der Waals surface area contributed by atoms with Crippen LogP contribution in [0.4, 0.5) is 11.5 Å². The molecule has 0 aliphatic carbocycles. The smallest absolute Gasteiger partial charge is 0.336 e. The van der Waals surface area contributed by atoms with Gasteiger partial charge in [-0.05, 0) is 29.7 Å². The summed E-state index contributed by atoms with van der Waals surface area (Å²) in [7, 11) is 0. The third kappa shape index (κ3) is 3.77. The number of aromatic nitrogens is 1. The largest absolute Gasteiger partial charge is 0.478 e. The number of pyridine rings is 1. The van der Waals surface area contributed by atoms with Gasteiger partial charge in [0.1, 0.15) is 0 Å². The molecule has 0 aliphatic rings. The zero-order valence-electron chi connectivity index (χ0n) is 14.5. The van der Waals surface area contributed by atoms with Crippen LogP contribution in [0.5, 0.6) is 0 Å². The number of carboxylic acid groups (broad SMARTS) is 1. The maximum atomic E-state index is 11.9. The molecule has 0 radical (unpaired) electrons. The normalized spacial score (nSPS) is 10.4. The van der Waals surface area contributed by atoms with Crippen molar-refractivity contribution in [3.8, 4) is 11.1 Å². The average Bonchev–Trinajstić information content (AvgIpc) is 2.66. The van der Waals surface area contributed by atoms with Gasteiger partial charge < -0.3 is 10.4 Å². The number of hydrogen-bond acceptors (Lipinski definition) is 5. The van der Waals surface area contributed by atoms with Gasteiger partial charge in [0.05, 0.1) is 10.5 Å². The van der Waals surface area contributed by atoms with Gasteiger partial charge in [-0.25, -0.2) is 9.78 Å². The Morgan fingerprint density at radius 1 is 1.15 bits per heavy atom. The minimum atomic E-state index is -1.06. The summed E-state index contributed by atoms with van der Waals surface area (Å²) in [6, 6.07) is 16.0. The number of aryl methyl sites for hydroxylation is 1. The molecule has 2 N–H and O–H groups in total. The topological polar surface area (TPSA) is 105 Å². The molecule has 3 rings (SSSR count). The third-order valence-corrected chi connectivity index (χ3v) is 4.20. The van der Waals surface area contributed by atoms with E-state index in [1.54, 1.807) is 31.2 Å². The molecule has 1 heterocycles. The number of nitro groups is 1. The van der Waals surface area contributed by atoms with E-state index in [9.17, 15) is 20.0 Å². The molecule has 7 nitrogen and oxygen atoms in total. The van der Waals surface area contributed by atoms with Crippen LogP contribution in [0.2, 0.25) is 0 Å². The van der Waals surface area contributed by atoms with Crippen molar-refractivity contribution < 1.29 is 14.8 Å². The summed E-state index contributed by atoms with van der Waals surface area (Å²) in [4.78, 5) is 26.7. The standard InChI is InChI=1S/C20H17N3O4/c1-13-10-11-21-19(18(13)23(26)27)22-12-15-8-5-9-16(17(15)20(24)25)14-6-3-2-4-7-14/h2-11H,12H2,1H3,(H,21,22)(H,24,25). The van der Waals surface area contributed by atoms with Crippen molar-refractivity contribution in [2.45, 2.75) is 13.5 Å². The highest BCUT2D eigenvalue weighted by molar-refractivity contribution is 5.97. The van der Waals surface area contributed by atoms with Crippen LogP contribution < -0.4 is 5.32 Å². The Kier molecular flexibility index (Phi) is 5.12. The fourth-order valence-corrected chi connectivity index (χ4v) is 2.95. The van der Waals surface area contributed by atoms with Crippen LogP contribution >= 0.6 is 0 Å².